The molecule has 2 unspecified atom stereocenters. The van der Waals surface area contributed by atoms with E-state index in [0.717, 1.165) is 30.3 Å². The zero-order valence-electron chi connectivity index (χ0n) is 12.0. The second-order valence-electron chi connectivity index (χ2n) is 6.06. The number of nitrogens with one attached hydrogen (secondary N) is 1. The molecule has 1 aromatic carbocycles. The first-order chi connectivity index (χ1) is 9.56. The minimum absolute atomic E-state index is 0.195. The average molecular weight is 275 g/mol. The molecule has 1 aliphatic heterocycles. The fourth-order valence-corrected chi connectivity index (χ4v) is 3.27. The lowest BCUT2D eigenvalue weighted by atomic mass is 10.1. The standard InChI is InChI=1S/C15H21N3O2/c1-10-8-12(9-17(10)13-6-7-13)16-14-4-3-5-15(11(14)2)18(19)20/h3-5,10,12-13,16H,6-9H2,1-2H3. The number of nitro benzene ring substituents is 1. The van der Waals surface area contributed by atoms with E-state index in [1.54, 1.807) is 12.1 Å². The number of hydrogen-bond acceptors (Lipinski definition) is 4. The van der Waals surface area contributed by atoms with Gasteiger partial charge in [0, 0.05) is 42.0 Å². The van der Waals surface area contributed by atoms with E-state index in [1.807, 2.05) is 13.0 Å². The summed E-state index contributed by atoms with van der Waals surface area (Å²) in [4.78, 5) is 13.2. The van der Waals surface area contributed by atoms with Crippen LogP contribution in [-0.2, 0) is 0 Å². The van der Waals surface area contributed by atoms with Crippen LogP contribution in [0.2, 0.25) is 0 Å². The van der Waals surface area contributed by atoms with Gasteiger partial charge < -0.3 is 5.32 Å². The van der Waals surface area contributed by atoms with E-state index in [2.05, 4.69) is 17.1 Å². The molecular formula is C15H21N3O2. The highest BCUT2D eigenvalue weighted by molar-refractivity contribution is 5.60. The van der Waals surface area contributed by atoms with Crippen LogP contribution < -0.4 is 5.32 Å². The van der Waals surface area contributed by atoms with Crippen molar-refractivity contribution in [1.82, 2.24) is 4.90 Å². The van der Waals surface area contributed by atoms with Gasteiger partial charge in [0.05, 0.1) is 4.92 Å². The van der Waals surface area contributed by atoms with Crippen molar-refractivity contribution in [2.75, 3.05) is 11.9 Å². The normalized spacial score (nSPS) is 26.7. The van der Waals surface area contributed by atoms with Crippen LogP contribution in [-0.4, -0.2) is 34.5 Å². The minimum atomic E-state index is -0.311. The lowest BCUT2D eigenvalue weighted by Crippen LogP contribution is -2.31. The Morgan fingerprint density at radius 3 is 2.80 bits per heavy atom. The highest BCUT2D eigenvalue weighted by atomic mass is 16.6. The fourth-order valence-electron chi connectivity index (χ4n) is 3.27. The highest BCUT2D eigenvalue weighted by Crippen LogP contribution is 2.35. The molecule has 20 heavy (non-hydrogen) atoms. The van der Waals surface area contributed by atoms with E-state index < -0.39 is 0 Å². The maximum Gasteiger partial charge on any atom is 0.274 e. The van der Waals surface area contributed by atoms with Gasteiger partial charge in [-0.2, -0.15) is 0 Å². The predicted octanol–water partition coefficient (Wildman–Crippen LogP) is 2.94. The van der Waals surface area contributed by atoms with Crippen LogP contribution in [0.15, 0.2) is 18.2 Å². The molecule has 1 aromatic rings. The predicted molar refractivity (Wildman–Crippen MR) is 79.1 cm³/mol. The molecule has 5 nitrogen and oxygen atoms in total. The smallest absolute Gasteiger partial charge is 0.274 e. The number of benzene rings is 1. The monoisotopic (exact) mass is 275 g/mol. The van der Waals surface area contributed by atoms with Crippen molar-refractivity contribution in [3.05, 3.63) is 33.9 Å². The van der Waals surface area contributed by atoms with Gasteiger partial charge in [-0.1, -0.05) is 6.07 Å². The van der Waals surface area contributed by atoms with E-state index >= 15 is 0 Å². The zero-order valence-corrected chi connectivity index (χ0v) is 12.0. The molecular weight excluding hydrogens is 254 g/mol. The van der Waals surface area contributed by atoms with Crippen molar-refractivity contribution >= 4 is 11.4 Å². The van der Waals surface area contributed by atoms with Crippen molar-refractivity contribution in [3.8, 4) is 0 Å². The third kappa shape index (κ3) is 2.50. The molecule has 2 fully saturated rings. The summed E-state index contributed by atoms with van der Waals surface area (Å²) in [6.07, 6.45) is 3.76. The molecule has 1 saturated carbocycles. The second-order valence-corrected chi connectivity index (χ2v) is 6.06. The summed E-state index contributed by atoms with van der Waals surface area (Å²) >= 11 is 0. The van der Waals surface area contributed by atoms with Crippen LogP contribution in [0.25, 0.3) is 0 Å². The van der Waals surface area contributed by atoms with Gasteiger partial charge in [-0.25, -0.2) is 0 Å². The van der Waals surface area contributed by atoms with Crippen LogP contribution in [0.1, 0.15) is 31.7 Å². The molecule has 2 aliphatic rings. The van der Waals surface area contributed by atoms with Gasteiger partial charge in [0.15, 0.2) is 0 Å². The number of rotatable bonds is 4. The maximum absolute atomic E-state index is 11.0. The van der Waals surface area contributed by atoms with Gasteiger partial charge in [-0.3, -0.25) is 15.0 Å². The topological polar surface area (TPSA) is 58.4 Å². The van der Waals surface area contributed by atoms with E-state index in [-0.39, 0.29) is 10.6 Å². The molecule has 0 radical (unpaired) electrons. The number of nitrogens with zero attached hydrogens (tertiary/aromatic N) is 2. The average Bonchev–Trinajstić information content (AvgIpc) is 3.16. The zero-order chi connectivity index (χ0) is 14.3. The molecule has 5 heteroatoms. The Morgan fingerprint density at radius 2 is 2.15 bits per heavy atom. The van der Waals surface area contributed by atoms with E-state index in [9.17, 15) is 10.1 Å². The van der Waals surface area contributed by atoms with Crippen molar-refractivity contribution in [2.45, 2.75) is 51.2 Å². The molecule has 1 aliphatic carbocycles. The maximum atomic E-state index is 11.0. The van der Waals surface area contributed by atoms with Gasteiger partial charge in [-0.15, -0.1) is 0 Å². The summed E-state index contributed by atoms with van der Waals surface area (Å²) in [6.45, 7) is 5.14. The Morgan fingerprint density at radius 1 is 1.40 bits per heavy atom. The number of nitro groups is 1. The van der Waals surface area contributed by atoms with E-state index in [1.165, 1.54) is 12.8 Å². The molecule has 0 aromatic heterocycles. The summed E-state index contributed by atoms with van der Waals surface area (Å²) in [5.41, 5.74) is 1.82. The molecule has 108 valence electrons. The lowest BCUT2D eigenvalue weighted by molar-refractivity contribution is -0.385. The summed E-state index contributed by atoms with van der Waals surface area (Å²) in [5.74, 6) is 0. The van der Waals surface area contributed by atoms with Crippen LogP contribution in [0.5, 0.6) is 0 Å². The van der Waals surface area contributed by atoms with Crippen LogP contribution in [0.4, 0.5) is 11.4 Å². The van der Waals surface area contributed by atoms with Crippen molar-refractivity contribution < 1.29 is 4.92 Å². The van der Waals surface area contributed by atoms with E-state index in [4.69, 9.17) is 0 Å². The number of anilines is 1. The van der Waals surface area contributed by atoms with Crippen molar-refractivity contribution in [1.29, 1.82) is 0 Å². The first-order valence-electron chi connectivity index (χ1n) is 7.32. The molecule has 1 saturated heterocycles. The van der Waals surface area contributed by atoms with Crippen LogP contribution >= 0.6 is 0 Å². The number of likely N-dealkylation sites (tertiary alicyclic amines) is 1. The Bertz CT molecular complexity index is 528. The van der Waals surface area contributed by atoms with Crippen LogP contribution in [0.3, 0.4) is 0 Å². The summed E-state index contributed by atoms with van der Waals surface area (Å²) < 4.78 is 0. The first kappa shape index (κ1) is 13.4. The van der Waals surface area contributed by atoms with Crippen molar-refractivity contribution in [2.24, 2.45) is 0 Å². The summed E-state index contributed by atoms with van der Waals surface area (Å²) in [6, 6.07) is 7.04. The molecule has 0 spiro atoms. The molecule has 0 bridgehead atoms. The quantitative estimate of drug-likeness (QED) is 0.678. The summed E-state index contributed by atoms with van der Waals surface area (Å²) in [7, 11) is 0. The highest BCUT2D eigenvalue weighted by Gasteiger charge is 2.38. The van der Waals surface area contributed by atoms with Gasteiger partial charge in [0.25, 0.3) is 5.69 Å². The fraction of sp³-hybridized carbons (Fsp3) is 0.600. The Hall–Kier alpha value is -1.62. The number of hydrogen-bond donors (Lipinski definition) is 1. The van der Waals surface area contributed by atoms with Gasteiger partial charge in [0.1, 0.15) is 0 Å². The Kier molecular flexibility index (Phi) is 3.38. The first-order valence-corrected chi connectivity index (χ1v) is 7.32. The molecule has 1 N–H and O–H groups in total. The third-order valence-corrected chi connectivity index (χ3v) is 4.50. The van der Waals surface area contributed by atoms with Gasteiger partial charge in [0.2, 0.25) is 0 Å². The molecule has 3 rings (SSSR count). The molecule has 2 atom stereocenters. The second kappa shape index (κ2) is 5.05. The lowest BCUT2D eigenvalue weighted by Gasteiger charge is -2.20. The Labute approximate surface area is 119 Å². The summed E-state index contributed by atoms with van der Waals surface area (Å²) in [5, 5.41) is 14.5. The minimum Gasteiger partial charge on any atom is -0.381 e. The Balaban J connectivity index is 1.72. The van der Waals surface area contributed by atoms with E-state index in [0.29, 0.717) is 12.1 Å². The van der Waals surface area contributed by atoms with Gasteiger partial charge in [-0.05, 0) is 39.2 Å². The van der Waals surface area contributed by atoms with Gasteiger partial charge >= 0.3 is 0 Å². The largest absolute Gasteiger partial charge is 0.381 e. The SMILES string of the molecule is Cc1c(NC2CC(C)N(C3CC3)C2)cccc1[N+](=O)[O-]. The molecule has 1 heterocycles. The third-order valence-electron chi connectivity index (χ3n) is 4.50. The van der Waals surface area contributed by atoms with Crippen LogP contribution in [0, 0.1) is 17.0 Å². The molecule has 0 amide bonds. The van der Waals surface area contributed by atoms with Crippen molar-refractivity contribution in [3.63, 3.8) is 0 Å².